The van der Waals surface area contributed by atoms with Crippen molar-refractivity contribution in [3.63, 3.8) is 0 Å². The van der Waals surface area contributed by atoms with Gasteiger partial charge in [-0.15, -0.1) is 0 Å². The Bertz CT molecular complexity index is 400. The normalized spacial score (nSPS) is 26.8. The Kier molecular flexibility index (Phi) is 4.91. The van der Waals surface area contributed by atoms with Crippen molar-refractivity contribution in [1.82, 2.24) is 14.7 Å². The van der Waals surface area contributed by atoms with Gasteiger partial charge in [0, 0.05) is 46.1 Å². The molecule has 2 fully saturated rings. The molecule has 0 aromatic heterocycles. The van der Waals surface area contributed by atoms with Crippen molar-refractivity contribution in [1.29, 1.82) is 0 Å². The lowest BCUT2D eigenvalue weighted by Crippen LogP contribution is -2.49. The summed E-state index contributed by atoms with van der Waals surface area (Å²) in [6.07, 6.45) is 3.57. The summed E-state index contributed by atoms with van der Waals surface area (Å²) in [7, 11) is 5.58. The van der Waals surface area contributed by atoms with Crippen LogP contribution < -0.4 is 0 Å². The van der Waals surface area contributed by atoms with E-state index in [1.807, 2.05) is 26.0 Å². The summed E-state index contributed by atoms with van der Waals surface area (Å²) in [4.78, 5) is 29.8. The van der Waals surface area contributed by atoms with E-state index in [1.165, 1.54) is 0 Å². The van der Waals surface area contributed by atoms with Crippen molar-refractivity contribution in [3.05, 3.63) is 0 Å². The summed E-state index contributed by atoms with van der Waals surface area (Å²) in [5, 5.41) is 0. The maximum atomic E-state index is 12.3. The largest absolute Gasteiger partial charge is 0.348 e. The fraction of sp³-hybridized carbons (Fsp3) is 0.875. The molecule has 2 aliphatic heterocycles. The Morgan fingerprint density at radius 1 is 1.33 bits per heavy atom. The topological polar surface area (TPSA) is 43.9 Å². The predicted octanol–water partition coefficient (Wildman–Crippen LogP) is 1.05. The average Bonchev–Trinajstić information content (AvgIpc) is 2.44. The first kappa shape index (κ1) is 16.3. The van der Waals surface area contributed by atoms with E-state index in [9.17, 15) is 9.59 Å². The van der Waals surface area contributed by atoms with Crippen LogP contribution in [0.2, 0.25) is 0 Å². The Morgan fingerprint density at radius 2 is 1.95 bits per heavy atom. The summed E-state index contributed by atoms with van der Waals surface area (Å²) < 4.78 is 0. The zero-order valence-corrected chi connectivity index (χ0v) is 13.9. The van der Waals surface area contributed by atoms with E-state index in [2.05, 4.69) is 11.8 Å². The van der Waals surface area contributed by atoms with Gasteiger partial charge in [-0.1, -0.05) is 6.92 Å². The van der Waals surface area contributed by atoms with E-state index in [-0.39, 0.29) is 17.2 Å². The van der Waals surface area contributed by atoms with Crippen molar-refractivity contribution in [2.24, 2.45) is 11.3 Å². The molecule has 0 N–H and O–H groups in total. The van der Waals surface area contributed by atoms with Gasteiger partial charge in [0.05, 0.1) is 0 Å². The lowest BCUT2D eigenvalue weighted by molar-refractivity contribution is -0.141. The third kappa shape index (κ3) is 3.76. The second-order valence-corrected chi connectivity index (χ2v) is 7.24. The van der Waals surface area contributed by atoms with Crippen LogP contribution in [0, 0.1) is 11.3 Å². The van der Waals surface area contributed by atoms with Gasteiger partial charge in [0.15, 0.2) is 0 Å². The summed E-state index contributed by atoms with van der Waals surface area (Å²) in [6.45, 7) is 6.02. The molecule has 2 rings (SSSR count). The van der Waals surface area contributed by atoms with Gasteiger partial charge in [0.25, 0.3) is 0 Å². The maximum Gasteiger partial charge on any atom is 0.228 e. The first-order valence-electron chi connectivity index (χ1n) is 8.00. The zero-order valence-electron chi connectivity index (χ0n) is 13.9. The molecule has 5 nitrogen and oxygen atoms in total. The van der Waals surface area contributed by atoms with Gasteiger partial charge in [-0.25, -0.2) is 0 Å². The predicted molar refractivity (Wildman–Crippen MR) is 82.8 cm³/mol. The summed E-state index contributed by atoms with van der Waals surface area (Å²) in [6, 6.07) is 0. The van der Waals surface area contributed by atoms with Crippen LogP contribution in [0.1, 0.15) is 32.6 Å². The minimum atomic E-state index is -0.195. The quantitative estimate of drug-likeness (QED) is 0.781. The molecule has 0 saturated carbocycles. The highest BCUT2D eigenvalue weighted by atomic mass is 16.2. The third-order valence-electron chi connectivity index (χ3n) is 5.12. The highest BCUT2D eigenvalue weighted by molar-refractivity contribution is 5.82. The number of hydrogen-bond donors (Lipinski definition) is 0. The molecular weight excluding hydrogens is 266 g/mol. The molecule has 0 spiro atoms. The molecule has 0 aliphatic carbocycles. The van der Waals surface area contributed by atoms with Crippen molar-refractivity contribution in [3.8, 4) is 0 Å². The molecule has 21 heavy (non-hydrogen) atoms. The molecule has 1 atom stereocenters. The number of rotatable bonds is 3. The van der Waals surface area contributed by atoms with E-state index in [0.717, 1.165) is 45.4 Å². The van der Waals surface area contributed by atoms with Crippen LogP contribution in [0.25, 0.3) is 0 Å². The first-order valence-corrected chi connectivity index (χ1v) is 8.00. The van der Waals surface area contributed by atoms with Crippen molar-refractivity contribution in [2.45, 2.75) is 32.6 Å². The molecule has 2 heterocycles. The highest BCUT2D eigenvalue weighted by Crippen LogP contribution is 2.33. The van der Waals surface area contributed by atoms with E-state index >= 15 is 0 Å². The molecule has 2 aliphatic rings. The number of nitrogens with zero attached hydrogens (tertiary/aromatic N) is 3. The lowest BCUT2D eigenvalue weighted by Gasteiger charge is -2.41. The average molecular weight is 295 g/mol. The van der Waals surface area contributed by atoms with Crippen molar-refractivity contribution < 1.29 is 9.59 Å². The molecule has 0 radical (unpaired) electrons. The smallest absolute Gasteiger partial charge is 0.228 e. The monoisotopic (exact) mass is 295 g/mol. The Hall–Kier alpha value is -1.10. The van der Waals surface area contributed by atoms with Crippen LogP contribution >= 0.6 is 0 Å². The first-order chi connectivity index (χ1) is 9.82. The van der Waals surface area contributed by atoms with Crippen LogP contribution in [0.15, 0.2) is 0 Å². The molecule has 0 aromatic rings. The van der Waals surface area contributed by atoms with Crippen LogP contribution in [0.5, 0.6) is 0 Å². The number of likely N-dealkylation sites (tertiary alicyclic amines) is 2. The van der Waals surface area contributed by atoms with Gasteiger partial charge >= 0.3 is 0 Å². The molecule has 2 amide bonds. The molecule has 1 unspecified atom stereocenters. The maximum absolute atomic E-state index is 12.3. The van der Waals surface area contributed by atoms with E-state index < -0.39 is 0 Å². The van der Waals surface area contributed by atoms with E-state index in [0.29, 0.717) is 12.3 Å². The van der Waals surface area contributed by atoms with E-state index in [1.54, 1.807) is 4.90 Å². The van der Waals surface area contributed by atoms with Crippen LogP contribution in [0.3, 0.4) is 0 Å². The Labute approximate surface area is 128 Å². The highest BCUT2D eigenvalue weighted by Gasteiger charge is 2.38. The number of hydrogen-bond acceptors (Lipinski definition) is 3. The molecule has 0 aromatic carbocycles. The molecular formula is C16H29N3O2. The lowest BCUT2D eigenvalue weighted by atomic mass is 9.79. The van der Waals surface area contributed by atoms with Gasteiger partial charge in [0.2, 0.25) is 11.8 Å². The van der Waals surface area contributed by atoms with Crippen LogP contribution in [-0.2, 0) is 9.59 Å². The minimum Gasteiger partial charge on any atom is -0.348 e. The van der Waals surface area contributed by atoms with Crippen molar-refractivity contribution in [2.75, 3.05) is 47.3 Å². The molecule has 2 saturated heterocycles. The number of amides is 2. The van der Waals surface area contributed by atoms with E-state index in [4.69, 9.17) is 0 Å². The fourth-order valence-electron chi connectivity index (χ4n) is 3.60. The SMILES string of the molecule is CN(C)C(=O)C1(C)CCN(CC2CCC(=O)N(C)C2)CC1. The third-order valence-corrected chi connectivity index (χ3v) is 5.12. The van der Waals surface area contributed by atoms with Gasteiger partial charge in [-0.3, -0.25) is 9.59 Å². The molecule has 0 bridgehead atoms. The summed E-state index contributed by atoms with van der Waals surface area (Å²) in [5.41, 5.74) is -0.195. The Balaban J connectivity index is 1.82. The molecule has 120 valence electrons. The van der Waals surface area contributed by atoms with Gasteiger partial charge in [0.1, 0.15) is 0 Å². The minimum absolute atomic E-state index is 0.195. The summed E-state index contributed by atoms with van der Waals surface area (Å²) >= 11 is 0. The summed E-state index contributed by atoms with van der Waals surface area (Å²) in [5.74, 6) is 1.11. The van der Waals surface area contributed by atoms with Crippen molar-refractivity contribution >= 4 is 11.8 Å². The van der Waals surface area contributed by atoms with Crippen LogP contribution in [0.4, 0.5) is 0 Å². The fourth-order valence-corrected chi connectivity index (χ4v) is 3.60. The molecule has 5 heteroatoms. The number of carbonyl (C=O) groups excluding carboxylic acids is 2. The zero-order chi connectivity index (χ0) is 15.6. The Morgan fingerprint density at radius 3 is 2.48 bits per heavy atom. The second kappa shape index (κ2) is 6.34. The van der Waals surface area contributed by atoms with Crippen LogP contribution in [-0.4, -0.2) is 73.8 Å². The number of piperidine rings is 2. The van der Waals surface area contributed by atoms with Gasteiger partial charge in [-0.2, -0.15) is 0 Å². The van der Waals surface area contributed by atoms with Gasteiger partial charge < -0.3 is 14.7 Å². The van der Waals surface area contributed by atoms with Gasteiger partial charge in [-0.05, 0) is 38.3 Å². The standard InChI is InChI=1S/C16H29N3O2/c1-16(15(21)17(2)3)7-9-19(10-8-16)12-13-5-6-14(20)18(4)11-13/h13H,5-12H2,1-4H3. The second-order valence-electron chi connectivity index (χ2n) is 7.24. The number of carbonyl (C=O) groups is 2.